The zero-order valence-corrected chi connectivity index (χ0v) is 18.9. The number of nitrogens with one attached hydrogen (secondary N) is 1. The number of benzene rings is 1. The minimum absolute atomic E-state index is 0.0567. The Morgan fingerprint density at radius 1 is 1.17 bits per heavy atom. The number of hydrogen-bond donors (Lipinski definition) is 1. The number of sulfonamides is 1. The normalized spacial score (nSPS) is 15.4. The molecule has 1 aliphatic rings. The summed E-state index contributed by atoms with van der Waals surface area (Å²) in [6.45, 7) is 2.23. The van der Waals surface area contributed by atoms with E-state index in [4.69, 9.17) is 23.2 Å². The van der Waals surface area contributed by atoms with Crippen LogP contribution in [0.5, 0.6) is 0 Å². The molecule has 0 bridgehead atoms. The van der Waals surface area contributed by atoms with Crippen LogP contribution in [0.4, 0.5) is 11.5 Å². The van der Waals surface area contributed by atoms with Crippen molar-refractivity contribution in [2.24, 2.45) is 0 Å². The van der Waals surface area contributed by atoms with Gasteiger partial charge in [0.05, 0.1) is 26.2 Å². The highest BCUT2D eigenvalue weighted by Crippen LogP contribution is 2.32. The van der Waals surface area contributed by atoms with Gasteiger partial charge in [-0.2, -0.15) is 0 Å². The van der Waals surface area contributed by atoms with Gasteiger partial charge in [0.25, 0.3) is 5.91 Å². The monoisotopic (exact) mass is 482 g/mol. The molecule has 30 heavy (non-hydrogen) atoms. The molecule has 11 heteroatoms. The Morgan fingerprint density at radius 3 is 2.63 bits per heavy atom. The molecule has 1 N–H and O–H groups in total. The predicted molar refractivity (Wildman–Crippen MR) is 120 cm³/mol. The van der Waals surface area contributed by atoms with Crippen molar-refractivity contribution in [1.82, 2.24) is 9.97 Å². The first kappa shape index (κ1) is 21.0. The van der Waals surface area contributed by atoms with Gasteiger partial charge >= 0.3 is 0 Å². The molecule has 1 fully saturated rings. The molecule has 3 aromatic rings. The summed E-state index contributed by atoms with van der Waals surface area (Å²) in [5.74, 6) is -0.260. The molecule has 0 saturated carbocycles. The number of rotatable bonds is 4. The van der Waals surface area contributed by atoms with E-state index in [2.05, 4.69) is 15.3 Å². The van der Waals surface area contributed by atoms with E-state index >= 15 is 0 Å². The summed E-state index contributed by atoms with van der Waals surface area (Å²) in [6.07, 6.45) is 3.54. The van der Waals surface area contributed by atoms with E-state index in [0.29, 0.717) is 23.7 Å². The lowest BCUT2D eigenvalue weighted by molar-refractivity contribution is 0.102. The fraction of sp³-hybridized carbons (Fsp3) is 0.211. The van der Waals surface area contributed by atoms with Crippen molar-refractivity contribution >= 4 is 62.0 Å². The van der Waals surface area contributed by atoms with Gasteiger partial charge in [-0.3, -0.25) is 9.10 Å². The fourth-order valence-corrected chi connectivity index (χ4v) is 5.83. The molecular formula is C19H16Cl2N4O3S2. The van der Waals surface area contributed by atoms with Crippen molar-refractivity contribution in [3.05, 3.63) is 57.3 Å². The van der Waals surface area contributed by atoms with Crippen LogP contribution in [-0.4, -0.2) is 36.6 Å². The SMILES string of the molecule is Cc1ncc(-c2cc(Cl)cc(NC(=O)c3cc(N4CCCS4(=O)=O)ncc3Cl)c2)s1. The van der Waals surface area contributed by atoms with Crippen LogP contribution in [0.15, 0.2) is 36.7 Å². The Balaban J connectivity index is 1.63. The van der Waals surface area contributed by atoms with Gasteiger partial charge in [-0.25, -0.2) is 18.4 Å². The second-order valence-corrected chi connectivity index (χ2v) is 10.8. The second-order valence-electron chi connectivity index (χ2n) is 6.69. The van der Waals surface area contributed by atoms with Crippen molar-refractivity contribution in [3.8, 4) is 10.4 Å². The van der Waals surface area contributed by atoms with Gasteiger partial charge < -0.3 is 5.32 Å². The Bertz CT molecular complexity index is 1240. The molecular weight excluding hydrogens is 467 g/mol. The molecule has 1 aromatic carbocycles. The second kappa shape index (κ2) is 8.14. The van der Waals surface area contributed by atoms with Crippen molar-refractivity contribution in [2.75, 3.05) is 21.9 Å². The lowest BCUT2D eigenvalue weighted by atomic mass is 10.1. The molecule has 7 nitrogen and oxygen atoms in total. The van der Waals surface area contributed by atoms with Crippen LogP contribution in [0.25, 0.3) is 10.4 Å². The zero-order valence-electron chi connectivity index (χ0n) is 15.7. The van der Waals surface area contributed by atoms with Crippen LogP contribution in [0, 0.1) is 6.92 Å². The zero-order chi connectivity index (χ0) is 21.5. The number of aryl methyl sites for hydroxylation is 1. The molecule has 0 unspecified atom stereocenters. The number of carbonyl (C=O) groups excluding carboxylic acids is 1. The Kier molecular flexibility index (Phi) is 5.71. The van der Waals surface area contributed by atoms with Crippen molar-refractivity contribution in [2.45, 2.75) is 13.3 Å². The maximum Gasteiger partial charge on any atom is 0.257 e. The van der Waals surface area contributed by atoms with Crippen LogP contribution in [0.3, 0.4) is 0 Å². The number of anilines is 2. The third-order valence-electron chi connectivity index (χ3n) is 4.50. The van der Waals surface area contributed by atoms with Gasteiger partial charge in [-0.1, -0.05) is 23.2 Å². The third kappa shape index (κ3) is 4.29. The number of carbonyl (C=O) groups is 1. The van der Waals surface area contributed by atoms with Gasteiger partial charge in [-0.15, -0.1) is 11.3 Å². The highest BCUT2D eigenvalue weighted by Gasteiger charge is 2.30. The van der Waals surface area contributed by atoms with Crippen molar-refractivity contribution < 1.29 is 13.2 Å². The Morgan fingerprint density at radius 2 is 1.97 bits per heavy atom. The topological polar surface area (TPSA) is 92.3 Å². The molecule has 1 aliphatic heterocycles. The van der Waals surface area contributed by atoms with Crippen LogP contribution >= 0.6 is 34.5 Å². The molecule has 1 amide bonds. The summed E-state index contributed by atoms with van der Waals surface area (Å²) in [4.78, 5) is 22.1. The van der Waals surface area contributed by atoms with Gasteiger partial charge in [0.15, 0.2) is 0 Å². The molecule has 156 valence electrons. The maximum absolute atomic E-state index is 12.9. The summed E-state index contributed by atoms with van der Waals surface area (Å²) in [5, 5.41) is 4.27. The molecule has 0 aliphatic carbocycles. The summed E-state index contributed by atoms with van der Waals surface area (Å²) >= 11 is 13.9. The van der Waals surface area contributed by atoms with Gasteiger partial charge in [0, 0.05) is 29.6 Å². The van der Waals surface area contributed by atoms with Crippen molar-refractivity contribution in [3.63, 3.8) is 0 Å². The Hall–Kier alpha value is -2.20. The number of hydrogen-bond acceptors (Lipinski definition) is 6. The fourth-order valence-electron chi connectivity index (χ4n) is 3.13. The standard InChI is InChI=1S/C19H16Cl2N4O3S2/c1-11-22-10-17(29-11)12-5-13(20)7-14(6-12)24-19(26)15-8-18(23-9-16(15)21)25-3-2-4-30(25,27)28/h5-10H,2-4H2,1H3,(H,24,26). The predicted octanol–water partition coefficient (Wildman–Crippen LogP) is 4.61. The van der Waals surface area contributed by atoms with Crippen LogP contribution in [-0.2, 0) is 10.0 Å². The van der Waals surface area contributed by atoms with E-state index < -0.39 is 15.9 Å². The molecule has 3 heterocycles. The van der Waals surface area contributed by atoms with Gasteiger partial charge in [0.1, 0.15) is 5.82 Å². The number of thiazole rings is 1. The number of halogens is 2. The average Bonchev–Trinajstić information content (AvgIpc) is 3.26. The number of amides is 1. The largest absolute Gasteiger partial charge is 0.322 e. The number of aromatic nitrogens is 2. The van der Waals surface area contributed by atoms with Gasteiger partial charge in [-0.05, 0) is 43.2 Å². The van der Waals surface area contributed by atoms with Crippen molar-refractivity contribution in [1.29, 1.82) is 0 Å². The molecule has 0 spiro atoms. The van der Waals surface area contributed by atoms with Crippen LogP contribution in [0.2, 0.25) is 10.0 Å². The number of nitrogens with zero attached hydrogens (tertiary/aromatic N) is 3. The smallest absolute Gasteiger partial charge is 0.257 e. The van der Waals surface area contributed by atoms with Gasteiger partial charge in [0.2, 0.25) is 10.0 Å². The third-order valence-corrected chi connectivity index (χ3v) is 7.83. The van der Waals surface area contributed by atoms with E-state index in [1.165, 1.54) is 27.9 Å². The summed E-state index contributed by atoms with van der Waals surface area (Å²) in [6, 6.07) is 6.59. The molecule has 4 rings (SSSR count). The first-order chi connectivity index (χ1) is 14.2. The Labute approximate surface area is 187 Å². The highest BCUT2D eigenvalue weighted by atomic mass is 35.5. The van der Waals surface area contributed by atoms with E-state index in [1.54, 1.807) is 24.4 Å². The quantitative estimate of drug-likeness (QED) is 0.585. The lowest BCUT2D eigenvalue weighted by Gasteiger charge is -2.17. The molecule has 0 radical (unpaired) electrons. The first-order valence-electron chi connectivity index (χ1n) is 8.94. The van der Waals surface area contributed by atoms with E-state index in [-0.39, 0.29) is 22.2 Å². The molecule has 2 aromatic heterocycles. The van der Waals surface area contributed by atoms with Crippen LogP contribution in [0.1, 0.15) is 21.8 Å². The van der Waals surface area contributed by atoms with Crippen LogP contribution < -0.4 is 9.62 Å². The maximum atomic E-state index is 12.9. The summed E-state index contributed by atoms with van der Waals surface area (Å²) in [7, 11) is -3.42. The minimum atomic E-state index is -3.42. The molecule has 1 saturated heterocycles. The molecule has 0 atom stereocenters. The number of pyridine rings is 1. The minimum Gasteiger partial charge on any atom is -0.322 e. The summed E-state index contributed by atoms with van der Waals surface area (Å²) in [5.41, 5.74) is 1.43. The van der Waals surface area contributed by atoms with E-state index in [0.717, 1.165) is 15.4 Å². The summed E-state index contributed by atoms with van der Waals surface area (Å²) < 4.78 is 25.5. The van der Waals surface area contributed by atoms with E-state index in [9.17, 15) is 13.2 Å². The lowest BCUT2D eigenvalue weighted by Crippen LogP contribution is -2.26. The highest BCUT2D eigenvalue weighted by molar-refractivity contribution is 7.93. The average molecular weight is 483 g/mol. The van der Waals surface area contributed by atoms with E-state index in [1.807, 2.05) is 6.92 Å². The first-order valence-corrected chi connectivity index (χ1v) is 12.1.